The van der Waals surface area contributed by atoms with Crippen LogP contribution in [-0.4, -0.2) is 38.6 Å². The number of aromatic carboxylic acids is 1. The number of carbonyl (C=O) groups is 2. The molecule has 0 heterocycles. The SMILES string of the molecule is CC[C@H](NS(=O)(=O)c1cccc(C(=O)O)c1)C(=O)OC. The zero-order valence-corrected chi connectivity index (χ0v) is 11.8. The zero-order valence-electron chi connectivity index (χ0n) is 11.0. The average molecular weight is 301 g/mol. The molecule has 0 radical (unpaired) electrons. The molecule has 0 unspecified atom stereocenters. The molecule has 0 aliphatic rings. The maximum absolute atomic E-state index is 12.1. The van der Waals surface area contributed by atoms with Crippen LogP contribution in [0.4, 0.5) is 0 Å². The van der Waals surface area contributed by atoms with E-state index in [0.717, 1.165) is 13.2 Å². The van der Waals surface area contributed by atoms with Crippen molar-refractivity contribution in [3.05, 3.63) is 29.8 Å². The number of esters is 1. The Morgan fingerprint density at radius 3 is 2.55 bits per heavy atom. The van der Waals surface area contributed by atoms with Crippen molar-refractivity contribution in [1.29, 1.82) is 0 Å². The van der Waals surface area contributed by atoms with E-state index in [0.29, 0.717) is 0 Å². The summed E-state index contributed by atoms with van der Waals surface area (Å²) >= 11 is 0. The highest BCUT2D eigenvalue weighted by molar-refractivity contribution is 7.89. The molecule has 0 saturated carbocycles. The molecule has 0 bridgehead atoms. The summed E-state index contributed by atoms with van der Waals surface area (Å²) in [5.41, 5.74) is -0.154. The van der Waals surface area contributed by atoms with Crippen molar-refractivity contribution >= 4 is 22.0 Å². The highest BCUT2D eigenvalue weighted by Crippen LogP contribution is 2.13. The van der Waals surface area contributed by atoms with Gasteiger partial charge in [0, 0.05) is 0 Å². The lowest BCUT2D eigenvalue weighted by atomic mass is 10.2. The fraction of sp³-hybridized carbons (Fsp3) is 0.333. The number of methoxy groups -OCH3 is 1. The summed E-state index contributed by atoms with van der Waals surface area (Å²) in [6, 6.07) is 3.85. The molecule has 0 fully saturated rings. The molecule has 1 aromatic rings. The van der Waals surface area contributed by atoms with Gasteiger partial charge in [-0.15, -0.1) is 0 Å². The van der Waals surface area contributed by atoms with Crippen LogP contribution in [0.3, 0.4) is 0 Å². The Labute approximate surface area is 116 Å². The van der Waals surface area contributed by atoms with Crippen molar-refractivity contribution in [2.75, 3.05) is 7.11 Å². The average Bonchev–Trinajstić information content (AvgIpc) is 2.44. The summed E-state index contributed by atoms with van der Waals surface area (Å²) < 4.78 is 30.8. The molecule has 0 spiro atoms. The predicted molar refractivity (Wildman–Crippen MR) is 69.8 cm³/mol. The molecule has 7 nitrogen and oxygen atoms in total. The summed E-state index contributed by atoms with van der Waals surface area (Å²) in [5, 5.41) is 8.84. The van der Waals surface area contributed by atoms with E-state index in [-0.39, 0.29) is 16.9 Å². The van der Waals surface area contributed by atoms with Gasteiger partial charge in [0.25, 0.3) is 0 Å². The van der Waals surface area contributed by atoms with Gasteiger partial charge >= 0.3 is 11.9 Å². The lowest BCUT2D eigenvalue weighted by Crippen LogP contribution is -2.40. The van der Waals surface area contributed by atoms with Gasteiger partial charge in [0.1, 0.15) is 6.04 Å². The Morgan fingerprint density at radius 2 is 2.05 bits per heavy atom. The number of rotatable bonds is 6. The van der Waals surface area contributed by atoms with Gasteiger partial charge in [-0.1, -0.05) is 13.0 Å². The van der Waals surface area contributed by atoms with Crippen molar-refractivity contribution in [2.24, 2.45) is 0 Å². The topological polar surface area (TPSA) is 110 Å². The zero-order chi connectivity index (χ0) is 15.3. The number of nitrogens with one attached hydrogen (secondary N) is 1. The Morgan fingerprint density at radius 1 is 1.40 bits per heavy atom. The van der Waals surface area contributed by atoms with Crippen LogP contribution < -0.4 is 4.72 Å². The molecule has 0 amide bonds. The number of sulfonamides is 1. The predicted octanol–water partition coefficient (Wildman–Crippen LogP) is 0.615. The Balaban J connectivity index is 3.07. The first-order chi connectivity index (χ1) is 9.31. The molecular weight excluding hydrogens is 286 g/mol. The molecule has 110 valence electrons. The monoisotopic (exact) mass is 301 g/mol. The number of benzene rings is 1. The molecule has 1 aromatic carbocycles. The minimum atomic E-state index is -4.00. The minimum absolute atomic E-state index is 0.154. The van der Waals surface area contributed by atoms with Crippen molar-refractivity contribution in [3.8, 4) is 0 Å². The first kappa shape index (κ1) is 16.1. The summed E-state index contributed by atoms with van der Waals surface area (Å²) in [6.07, 6.45) is 0.213. The van der Waals surface area contributed by atoms with E-state index >= 15 is 0 Å². The smallest absolute Gasteiger partial charge is 0.335 e. The van der Waals surface area contributed by atoms with E-state index in [1.807, 2.05) is 0 Å². The van der Waals surface area contributed by atoms with Gasteiger partial charge in [-0.25, -0.2) is 13.2 Å². The van der Waals surface area contributed by atoms with Crippen LogP contribution in [0.5, 0.6) is 0 Å². The third-order valence-corrected chi connectivity index (χ3v) is 4.05. The molecule has 2 N–H and O–H groups in total. The lowest BCUT2D eigenvalue weighted by molar-refractivity contribution is -0.142. The van der Waals surface area contributed by atoms with Crippen LogP contribution in [0.1, 0.15) is 23.7 Å². The second-order valence-electron chi connectivity index (χ2n) is 3.94. The number of carboxylic acid groups (broad SMARTS) is 1. The number of hydrogen-bond donors (Lipinski definition) is 2. The van der Waals surface area contributed by atoms with Gasteiger partial charge in [-0.05, 0) is 24.6 Å². The summed E-state index contributed by atoms with van der Waals surface area (Å²) in [7, 11) is -2.84. The molecule has 0 aliphatic heterocycles. The lowest BCUT2D eigenvalue weighted by Gasteiger charge is -2.14. The summed E-state index contributed by atoms with van der Waals surface area (Å²) in [5.74, 6) is -1.94. The molecule has 0 aromatic heterocycles. The summed E-state index contributed by atoms with van der Waals surface area (Å²) in [4.78, 5) is 22.0. The van der Waals surface area contributed by atoms with E-state index in [1.54, 1.807) is 6.92 Å². The maximum Gasteiger partial charge on any atom is 0.335 e. The fourth-order valence-corrected chi connectivity index (χ4v) is 2.81. The van der Waals surface area contributed by atoms with Gasteiger partial charge in [0.2, 0.25) is 10.0 Å². The first-order valence-corrected chi connectivity index (χ1v) is 7.23. The van der Waals surface area contributed by atoms with E-state index in [9.17, 15) is 18.0 Å². The van der Waals surface area contributed by atoms with Gasteiger partial charge in [-0.3, -0.25) is 4.79 Å². The van der Waals surface area contributed by atoms with Crippen LogP contribution in [-0.2, 0) is 19.6 Å². The van der Waals surface area contributed by atoms with Gasteiger partial charge < -0.3 is 9.84 Å². The van der Waals surface area contributed by atoms with E-state index < -0.39 is 28.0 Å². The van der Waals surface area contributed by atoms with Crippen molar-refractivity contribution < 1.29 is 27.9 Å². The standard InChI is InChI=1S/C12H15NO6S/c1-3-10(12(16)19-2)13-20(17,18)9-6-4-5-8(7-9)11(14)15/h4-7,10,13H,3H2,1-2H3,(H,14,15)/t10-/m0/s1. The van der Waals surface area contributed by atoms with Crippen molar-refractivity contribution in [1.82, 2.24) is 4.72 Å². The van der Waals surface area contributed by atoms with Crippen molar-refractivity contribution in [2.45, 2.75) is 24.3 Å². The Kier molecular flexibility index (Phi) is 5.23. The second-order valence-corrected chi connectivity index (χ2v) is 5.65. The van der Waals surface area contributed by atoms with Crippen LogP contribution in [0.25, 0.3) is 0 Å². The fourth-order valence-electron chi connectivity index (χ4n) is 1.49. The van der Waals surface area contributed by atoms with Gasteiger partial charge in [-0.2, -0.15) is 4.72 Å². The number of ether oxygens (including phenoxy) is 1. The normalized spacial score (nSPS) is 12.7. The maximum atomic E-state index is 12.1. The van der Waals surface area contributed by atoms with Crippen LogP contribution in [0, 0.1) is 0 Å². The molecule has 20 heavy (non-hydrogen) atoms. The third-order valence-electron chi connectivity index (χ3n) is 2.58. The Bertz CT molecular complexity index is 610. The quantitative estimate of drug-likeness (QED) is 0.745. The van der Waals surface area contributed by atoms with E-state index in [1.165, 1.54) is 18.2 Å². The van der Waals surface area contributed by atoms with Gasteiger partial charge in [0.15, 0.2) is 0 Å². The molecule has 1 rings (SSSR count). The summed E-state index contributed by atoms with van der Waals surface area (Å²) in [6.45, 7) is 1.62. The Hall–Kier alpha value is -1.93. The number of carboxylic acids is 1. The minimum Gasteiger partial charge on any atom is -0.478 e. The highest BCUT2D eigenvalue weighted by atomic mass is 32.2. The molecule has 0 aliphatic carbocycles. The number of hydrogen-bond acceptors (Lipinski definition) is 5. The van der Waals surface area contributed by atoms with E-state index in [4.69, 9.17) is 5.11 Å². The van der Waals surface area contributed by atoms with Crippen molar-refractivity contribution in [3.63, 3.8) is 0 Å². The number of carbonyl (C=O) groups excluding carboxylic acids is 1. The van der Waals surface area contributed by atoms with Crippen LogP contribution >= 0.6 is 0 Å². The molecule has 8 heteroatoms. The molecule has 0 saturated heterocycles. The highest BCUT2D eigenvalue weighted by Gasteiger charge is 2.25. The second kappa shape index (κ2) is 6.49. The third kappa shape index (κ3) is 3.78. The van der Waals surface area contributed by atoms with E-state index in [2.05, 4.69) is 9.46 Å². The van der Waals surface area contributed by atoms with Crippen LogP contribution in [0.2, 0.25) is 0 Å². The molecular formula is C12H15NO6S. The van der Waals surface area contributed by atoms with Crippen LogP contribution in [0.15, 0.2) is 29.2 Å². The molecule has 1 atom stereocenters. The van der Waals surface area contributed by atoms with Gasteiger partial charge in [0.05, 0.1) is 17.6 Å². The largest absolute Gasteiger partial charge is 0.478 e. The first-order valence-electron chi connectivity index (χ1n) is 5.75.